The summed E-state index contributed by atoms with van der Waals surface area (Å²) in [5.41, 5.74) is 6.29. The lowest BCUT2D eigenvalue weighted by atomic mass is 9.76. The number of rotatable bonds is 4. The standard InChI is InChI=1S/C13H19NOS/c14-9-13(8-11-2-1-7-16-11)5-6-15-12(13)10-3-4-10/h1-2,7,10,12H,3-6,8-9,14H2. The van der Waals surface area contributed by atoms with Crippen molar-refractivity contribution in [3.05, 3.63) is 22.4 Å². The second-order valence-corrected chi connectivity index (χ2v) is 6.23. The molecule has 1 aliphatic carbocycles. The van der Waals surface area contributed by atoms with Crippen LogP contribution in [-0.4, -0.2) is 19.3 Å². The molecule has 3 rings (SSSR count). The summed E-state index contributed by atoms with van der Waals surface area (Å²) < 4.78 is 5.96. The Balaban J connectivity index is 1.80. The maximum Gasteiger partial charge on any atom is 0.0675 e. The van der Waals surface area contributed by atoms with Crippen molar-refractivity contribution in [3.63, 3.8) is 0 Å². The van der Waals surface area contributed by atoms with Gasteiger partial charge in [-0.3, -0.25) is 0 Å². The van der Waals surface area contributed by atoms with Crippen LogP contribution in [0.15, 0.2) is 17.5 Å². The minimum Gasteiger partial charge on any atom is -0.377 e. The first kappa shape index (κ1) is 10.8. The van der Waals surface area contributed by atoms with Crippen LogP contribution >= 0.6 is 11.3 Å². The topological polar surface area (TPSA) is 35.2 Å². The number of nitrogens with two attached hydrogens (primary N) is 1. The van der Waals surface area contributed by atoms with E-state index in [1.165, 1.54) is 17.7 Å². The lowest BCUT2D eigenvalue weighted by Gasteiger charge is -2.32. The fourth-order valence-corrected chi connectivity index (χ4v) is 3.84. The summed E-state index contributed by atoms with van der Waals surface area (Å²) in [6.45, 7) is 1.68. The largest absolute Gasteiger partial charge is 0.377 e. The quantitative estimate of drug-likeness (QED) is 0.873. The van der Waals surface area contributed by atoms with Gasteiger partial charge in [-0.1, -0.05) is 6.07 Å². The maximum atomic E-state index is 6.07. The van der Waals surface area contributed by atoms with Crippen LogP contribution in [0, 0.1) is 11.3 Å². The number of thiophene rings is 1. The summed E-state index contributed by atoms with van der Waals surface area (Å²) in [6, 6.07) is 4.36. The van der Waals surface area contributed by atoms with Gasteiger partial charge in [0.2, 0.25) is 0 Å². The first-order valence-corrected chi connectivity index (χ1v) is 7.06. The SMILES string of the molecule is NCC1(Cc2cccs2)CCOC1C1CC1. The summed E-state index contributed by atoms with van der Waals surface area (Å²) in [5.74, 6) is 0.797. The van der Waals surface area contributed by atoms with Crippen LogP contribution in [0.5, 0.6) is 0 Å². The molecule has 2 unspecified atom stereocenters. The molecular formula is C13H19NOS. The van der Waals surface area contributed by atoms with Crippen molar-refractivity contribution in [2.24, 2.45) is 17.1 Å². The van der Waals surface area contributed by atoms with Crippen LogP contribution in [0.2, 0.25) is 0 Å². The van der Waals surface area contributed by atoms with Crippen LogP contribution in [0.4, 0.5) is 0 Å². The van der Waals surface area contributed by atoms with E-state index in [2.05, 4.69) is 17.5 Å². The van der Waals surface area contributed by atoms with Crippen LogP contribution in [0.3, 0.4) is 0 Å². The Labute approximate surface area is 101 Å². The van der Waals surface area contributed by atoms with E-state index in [1.54, 1.807) is 0 Å². The van der Waals surface area contributed by atoms with Crippen molar-refractivity contribution in [2.45, 2.75) is 31.8 Å². The third kappa shape index (κ3) is 1.81. The Kier molecular flexibility index (Phi) is 2.78. The molecule has 1 aromatic rings. The zero-order chi connectivity index (χ0) is 11.0. The molecule has 88 valence electrons. The molecule has 2 N–H and O–H groups in total. The van der Waals surface area contributed by atoms with Gasteiger partial charge in [-0.25, -0.2) is 0 Å². The highest BCUT2D eigenvalue weighted by molar-refractivity contribution is 7.09. The van der Waals surface area contributed by atoms with Gasteiger partial charge in [0, 0.05) is 23.4 Å². The average molecular weight is 237 g/mol. The van der Waals surface area contributed by atoms with E-state index in [4.69, 9.17) is 10.5 Å². The maximum absolute atomic E-state index is 6.07. The normalized spacial score (nSPS) is 34.4. The predicted octanol–water partition coefficient (Wildman–Crippen LogP) is 2.43. The molecule has 2 aliphatic rings. The van der Waals surface area contributed by atoms with E-state index in [9.17, 15) is 0 Å². The molecule has 1 aliphatic heterocycles. The summed E-state index contributed by atoms with van der Waals surface area (Å²) in [4.78, 5) is 1.46. The predicted molar refractivity (Wildman–Crippen MR) is 66.6 cm³/mol. The molecule has 2 heterocycles. The monoisotopic (exact) mass is 237 g/mol. The molecule has 2 nitrogen and oxygen atoms in total. The van der Waals surface area contributed by atoms with Gasteiger partial charge in [0.25, 0.3) is 0 Å². The minimum atomic E-state index is 0.228. The Bertz CT molecular complexity index is 347. The molecule has 1 saturated carbocycles. The molecule has 2 atom stereocenters. The van der Waals surface area contributed by atoms with Crippen molar-refractivity contribution in [2.75, 3.05) is 13.2 Å². The Morgan fingerprint density at radius 1 is 1.50 bits per heavy atom. The average Bonchev–Trinajstić information content (AvgIpc) is 2.86. The lowest BCUT2D eigenvalue weighted by molar-refractivity contribution is 0.0348. The van der Waals surface area contributed by atoms with Gasteiger partial charge < -0.3 is 10.5 Å². The van der Waals surface area contributed by atoms with E-state index in [0.717, 1.165) is 31.9 Å². The second-order valence-electron chi connectivity index (χ2n) is 5.20. The van der Waals surface area contributed by atoms with E-state index < -0.39 is 0 Å². The van der Waals surface area contributed by atoms with Gasteiger partial charge in [0.15, 0.2) is 0 Å². The second kappa shape index (κ2) is 4.13. The molecular weight excluding hydrogens is 218 g/mol. The van der Waals surface area contributed by atoms with E-state index >= 15 is 0 Å². The Morgan fingerprint density at radius 3 is 3.00 bits per heavy atom. The molecule has 16 heavy (non-hydrogen) atoms. The number of hydrogen-bond acceptors (Lipinski definition) is 3. The molecule has 0 radical (unpaired) electrons. The van der Waals surface area contributed by atoms with Gasteiger partial charge in [-0.05, 0) is 43.0 Å². The number of ether oxygens (including phenoxy) is 1. The summed E-state index contributed by atoms with van der Waals surface area (Å²) in [7, 11) is 0. The summed E-state index contributed by atoms with van der Waals surface area (Å²) in [6.07, 6.45) is 5.37. The van der Waals surface area contributed by atoms with E-state index in [0.29, 0.717) is 6.10 Å². The molecule has 0 bridgehead atoms. The summed E-state index contributed by atoms with van der Waals surface area (Å²) in [5, 5.41) is 2.15. The van der Waals surface area contributed by atoms with Gasteiger partial charge in [-0.15, -0.1) is 11.3 Å². The van der Waals surface area contributed by atoms with E-state index in [1.807, 2.05) is 11.3 Å². The lowest BCUT2D eigenvalue weighted by Crippen LogP contribution is -2.41. The van der Waals surface area contributed by atoms with Gasteiger partial charge in [0.1, 0.15) is 0 Å². The highest BCUT2D eigenvalue weighted by Gasteiger charge is 2.50. The van der Waals surface area contributed by atoms with Crippen LogP contribution < -0.4 is 5.73 Å². The van der Waals surface area contributed by atoms with Gasteiger partial charge in [-0.2, -0.15) is 0 Å². The highest BCUT2D eigenvalue weighted by Crippen LogP contribution is 2.49. The first-order valence-electron chi connectivity index (χ1n) is 6.18. The van der Waals surface area contributed by atoms with Crippen molar-refractivity contribution in [1.82, 2.24) is 0 Å². The molecule has 0 spiro atoms. The molecule has 0 amide bonds. The minimum absolute atomic E-state index is 0.228. The van der Waals surface area contributed by atoms with Crippen molar-refractivity contribution < 1.29 is 4.74 Å². The molecule has 2 fully saturated rings. The molecule has 3 heteroatoms. The zero-order valence-electron chi connectivity index (χ0n) is 9.52. The highest BCUT2D eigenvalue weighted by atomic mass is 32.1. The molecule has 1 aromatic heterocycles. The summed E-state index contributed by atoms with van der Waals surface area (Å²) >= 11 is 1.85. The smallest absolute Gasteiger partial charge is 0.0675 e. The molecule has 1 saturated heterocycles. The third-order valence-electron chi connectivity index (χ3n) is 4.06. The van der Waals surface area contributed by atoms with Gasteiger partial charge in [0.05, 0.1) is 6.10 Å². The third-order valence-corrected chi connectivity index (χ3v) is 4.94. The zero-order valence-corrected chi connectivity index (χ0v) is 10.3. The van der Waals surface area contributed by atoms with Crippen LogP contribution in [0.25, 0.3) is 0 Å². The van der Waals surface area contributed by atoms with Crippen molar-refractivity contribution in [3.8, 4) is 0 Å². The van der Waals surface area contributed by atoms with E-state index in [-0.39, 0.29) is 5.41 Å². The Morgan fingerprint density at radius 2 is 2.38 bits per heavy atom. The fourth-order valence-electron chi connectivity index (χ4n) is 2.98. The van der Waals surface area contributed by atoms with Crippen LogP contribution in [-0.2, 0) is 11.2 Å². The Hall–Kier alpha value is -0.380. The molecule has 0 aromatic carbocycles. The fraction of sp³-hybridized carbons (Fsp3) is 0.692. The van der Waals surface area contributed by atoms with Crippen LogP contribution in [0.1, 0.15) is 24.1 Å². The van der Waals surface area contributed by atoms with Crippen molar-refractivity contribution in [1.29, 1.82) is 0 Å². The first-order chi connectivity index (χ1) is 7.84. The van der Waals surface area contributed by atoms with Crippen molar-refractivity contribution >= 4 is 11.3 Å². The van der Waals surface area contributed by atoms with Gasteiger partial charge >= 0.3 is 0 Å². The number of hydrogen-bond donors (Lipinski definition) is 1.